The second-order valence-electron chi connectivity index (χ2n) is 4.53. The van der Waals surface area contributed by atoms with Crippen LogP contribution < -0.4 is 0 Å². The maximum Gasteiger partial charge on any atom is -0.0270 e. The van der Waals surface area contributed by atoms with E-state index in [1.54, 1.807) is 27.8 Å². The summed E-state index contributed by atoms with van der Waals surface area (Å²) in [5, 5.41) is 0. The van der Waals surface area contributed by atoms with Crippen molar-refractivity contribution in [3.8, 4) is 0 Å². The number of hydrogen-bond donors (Lipinski definition) is 0. The van der Waals surface area contributed by atoms with Gasteiger partial charge >= 0.3 is 0 Å². The Bertz CT molecular complexity index is 348. The molecule has 0 N–H and O–H groups in total. The van der Waals surface area contributed by atoms with Gasteiger partial charge < -0.3 is 0 Å². The van der Waals surface area contributed by atoms with Gasteiger partial charge in [0.05, 0.1) is 0 Å². The highest BCUT2D eigenvalue weighted by Gasteiger charge is 2.16. The highest BCUT2D eigenvalue weighted by molar-refractivity contribution is 5.47. The van der Waals surface area contributed by atoms with Crippen molar-refractivity contribution in [2.75, 3.05) is 0 Å². The summed E-state index contributed by atoms with van der Waals surface area (Å²) in [6.07, 6.45) is 6.51. The summed E-state index contributed by atoms with van der Waals surface area (Å²) in [6.45, 7) is 10.9. The standard InChI is InChI=1S/C14H20.C2H6/c1-4-6-12-9-13-7-5-8-14(13)11(3)10(12)2;1-2/h9H,4-8H2,1-3H3;1-2H3. The summed E-state index contributed by atoms with van der Waals surface area (Å²) in [6, 6.07) is 2.47. The smallest absolute Gasteiger partial charge is 0.0270 e. The van der Waals surface area contributed by atoms with Gasteiger partial charge in [0, 0.05) is 0 Å². The third kappa shape index (κ3) is 2.48. The second kappa shape index (κ2) is 6.08. The van der Waals surface area contributed by atoms with Gasteiger partial charge in [-0.05, 0) is 67.3 Å². The summed E-state index contributed by atoms with van der Waals surface area (Å²) < 4.78 is 0. The molecule has 0 nitrogen and oxygen atoms in total. The molecule has 1 aliphatic rings. The van der Waals surface area contributed by atoms with Crippen molar-refractivity contribution in [1.29, 1.82) is 0 Å². The Hall–Kier alpha value is -0.780. The van der Waals surface area contributed by atoms with Crippen LogP contribution in [-0.2, 0) is 19.3 Å². The topological polar surface area (TPSA) is 0 Å². The number of fused-ring (bicyclic) bond motifs is 1. The molecule has 16 heavy (non-hydrogen) atoms. The molecular weight excluding hydrogens is 192 g/mol. The first kappa shape index (κ1) is 13.3. The van der Waals surface area contributed by atoms with Crippen molar-refractivity contribution in [3.05, 3.63) is 33.9 Å². The monoisotopic (exact) mass is 218 g/mol. The molecule has 90 valence electrons. The van der Waals surface area contributed by atoms with Crippen LogP contribution >= 0.6 is 0 Å². The maximum absolute atomic E-state index is 2.47. The van der Waals surface area contributed by atoms with Crippen molar-refractivity contribution in [1.82, 2.24) is 0 Å². The van der Waals surface area contributed by atoms with E-state index in [1.807, 2.05) is 13.8 Å². The van der Waals surface area contributed by atoms with Crippen LogP contribution in [0.2, 0.25) is 0 Å². The van der Waals surface area contributed by atoms with Gasteiger partial charge in [0.15, 0.2) is 0 Å². The quantitative estimate of drug-likeness (QED) is 0.670. The third-order valence-corrected chi connectivity index (χ3v) is 3.63. The van der Waals surface area contributed by atoms with Crippen LogP contribution in [0, 0.1) is 13.8 Å². The molecule has 0 atom stereocenters. The molecule has 0 heterocycles. The first-order chi connectivity index (χ1) is 7.74. The van der Waals surface area contributed by atoms with E-state index in [4.69, 9.17) is 0 Å². The number of aryl methyl sites for hydroxylation is 2. The van der Waals surface area contributed by atoms with Gasteiger partial charge in [-0.25, -0.2) is 0 Å². The molecule has 1 aromatic rings. The van der Waals surface area contributed by atoms with Crippen molar-refractivity contribution in [3.63, 3.8) is 0 Å². The highest BCUT2D eigenvalue weighted by Crippen LogP contribution is 2.30. The summed E-state index contributed by atoms with van der Waals surface area (Å²) in [5.74, 6) is 0. The average Bonchev–Trinajstić information content (AvgIpc) is 2.77. The van der Waals surface area contributed by atoms with Crippen LogP contribution in [0.25, 0.3) is 0 Å². The molecule has 0 aromatic heterocycles. The van der Waals surface area contributed by atoms with E-state index < -0.39 is 0 Å². The molecular formula is C16H26. The molecule has 0 unspecified atom stereocenters. The first-order valence-corrected chi connectivity index (χ1v) is 6.85. The fourth-order valence-electron chi connectivity index (χ4n) is 2.67. The molecule has 0 fully saturated rings. The first-order valence-electron chi connectivity index (χ1n) is 6.85. The Morgan fingerprint density at radius 3 is 2.38 bits per heavy atom. The van der Waals surface area contributed by atoms with Crippen LogP contribution in [0.4, 0.5) is 0 Å². The lowest BCUT2D eigenvalue weighted by Gasteiger charge is -2.13. The molecule has 1 aliphatic carbocycles. The van der Waals surface area contributed by atoms with Crippen LogP contribution in [0.3, 0.4) is 0 Å². The van der Waals surface area contributed by atoms with Gasteiger partial charge in [-0.3, -0.25) is 0 Å². The van der Waals surface area contributed by atoms with Gasteiger partial charge in [0.2, 0.25) is 0 Å². The van der Waals surface area contributed by atoms with E-state index in [1.165, 1.54) is 32.1 Å². The highest BCUT2D eigenvalue weighted by atomic mass is 14.2. The SMILES string of the molecule is CC.CCCc1cc2c(c(C)c1C)CCC2. The number of rotatable bonds is 2. The van der Waals surface area contributed by atoms with Crippen LogP contribution in [0.15, 0.2) is 6.07 Å². The average molecular weight is 218 g/mol. The van der Waals surface area contributed by atoms with Gasteiger partial charge in [-0.15, -0.1) is 0 Å². The number of hydrogen-bond acceptors (Lipinski definition) is 0. The molecule has 0 bridgehead atoms. The zero-order valence-electron chi connectivity index (χ0n) is 11.6. The Kier molecular flexibility index (Phi) is 5.05. The summed E-state index contributed by atoms with van der Waals surface area (Å²) in [4.78, 5) is 0. The van der Waals surface area contributed by atoms with E-state index in [9.17, 15) is 0 Å². The van der Waals surface area contributed by atoms with E-state index in [-0.39, 0.29) is 0 Å². The van der Waals surface area contributed by atoms with Crippen molar-refractivity contribution >= 4 is 0 Å². The minimum absolute atomic E-state index is 1.25. The van der Waals surface area contributed by atoms with Crippen LogP contribution in [-0.4, -0.2) is 0 Å². The van der Waals surface area contributed by atoms with Gasteiger partial charge in [-0.1, -0.05) is 33.3 Å². The van der Waals surface area contributed by atoms with E-state index in [0.717, 1.165) is 0 Å². The van der Waals surface area contributed by atoms with E-state index >= 15 is 0 Å². The summed E-state index contributed by atoms with van der Waals surface area (Å²) in [5.41, 5.74) is 8.00. The second-order valence-corrected chi connectivity index (χ2v) is 4.53. The Morgan fingerprint density at radius 1 is 1.06 bits per heavy atom. The zero-order chi connectivity index (χ0) is 12.1. The van der Waals surface area contributed by atoms with E-state index in [2.05, 4.69) is 26.8 Å². The lowest BCUT2D eigenvalue weighted by atomic mass is 9.93. The molecule has 0 saturated carbocycles. The maximum atomic E-state index is 2.47. The van der Waals surface area contributed by atoms with Crippen LogP contribution in [0.5, 0.6) is 0 Å². The Labute approximate surface area is 101 Å². The van der Waals surface area contributed by atoms with Gasteiger partial charge in [0.1, 0.15) is 0 Å². The summed E-state index contributed by atoms with van der Waals surface area (Å²) in [7, 11) is 0. The molecule has 2 rings (SSSR count). The predicted molar refractivity (Wildman–Crippen MR) is 73.3 cm³/mol. The third-order valence-electron chi connectivity index (χ3n) is 3.63. The van der Waals surface area contributed by atoms with Gasteiger partial charge in [-0.2, -0.15) is 0 Å². The fraction of sp³-hybridized carbons (Fsp3) is 0.625. The normalized spacial score (nSPS) is 13.1. The zero-order valence-corrected chi connectivity index (χ0v) is 11.6. The molecule has 0 heteroatoms. The molecule has 1 aromatic carbocycles. The van der Waals surface area contributed by atoms with Crippen molar-refractivity contribution in [2.45, 2.75) is 66.7 Å². The largest absolute Gasteiger partial charge is 0.0683 e. The van der Waals surface area contributed by atoms with Crippen molar-refractivity contribution in [2.24, 2.45) is 0 Å². The van der Waals surface area contributed by atoms with E-state index in [0.29, 0.717) is 0 Å². The number of benzene rings is 1. The van der Waals surface area contributed by atoms with Gasteiger partial charge in [0.25, 0.3) is 0 Å². The minimum Gasteiger partial charge on any atom is -0.0683 e. The molecule has 0 radical (unpaired) electrons. The Balaban J connectivity index is 0.000000606. The summed E-state index contributed by atoms with van der Waals surface area (Å²) >= 11 is 0. The fourth-order valence-corrected chi connectivity index (χ4v) is 2.67. The molecule has 0 spiro atoms. The molecule has 0 aliphatic heterocycles. The lowest BCUT2D eigenvalue weighted by Crippen LogP contribution is -1.98. The minimum atomic E-state index is 1.25. The lowest BCUT2D eigenvalue weighted by molar-refractivity contribution is 0.903. The van der Waals surface area contributed by atoms with Crippen molar-refractivity contribution < 1.29 is 0 Å². The molecule has 0 saturated heterocycles. The van der Waals surface area contributed by atoms with Crippen LogP contribution in [0.1, 0.15) is 61.4 Å². The predicted octanol–water partition coefficient (Wildman–Crippen LogP) is 4.77. The molecule has 0 amide bonds. The Morgan fingerprint density at radius 2 is 1.75 bits per heavy atom.